The van der Waals surface area contributed by atoms with Gasteiger partial charge in [-0.25, -0.2) is 0 Å². The van der Waals surface area contributed by atoms with Gasteiger partial charge in [0.1, 0.15) is 0 Å². The molecule has 5 heteroatoms. The lowest BCUT2D eigenvalue weighted by molar-refractivity contribution is -0.136. The Labute approximate surface area is 105 Å². The SMILES string of the molecule is NNC(CCCc1ccccc1)CCC(F)(F)F. The fourth-order valence-corrected chi connectivity index (χ4v) is 1.85. The summed E-state index contributed by atoms with van der Waals surface area (Å²) in [5.41, 5.74) is 3.66. The van der Waals surface area contributed by atoms with Crippen LogP contribution in [0.1, 0.15) is 31.2 Å². The predicted octanol–water partition coefficient (Wildman–Crippen LogP) is 3.18. The zero-order chi connectivity index (χ0) is 13.4. The number of halogens is 3. The molecule has 18 heavy (non-hydrogen) atoms. The van der Waals surface area contributed by atoms with Gasteiger partial charge in [0, 0.05) is 12.5 Å². The van der Waals surface area contributed by atoms with Crippen LogP contribution in [0.2, 0.25) is 0 Å². The van der Waals surface area contributed by atoms with E-state index in [4.69, 9.17) is 5.84 Å². The molecule has 102 valence electrons. The molecule has 0 fully saturated rings. The van der Waals surface area contributed by atoms with Crippen LogP contribution in [0.4, 0.5) is 13.2 Å². The van der Waals surface area contributed by atoms with Gasteiger partial charge < -0.3 is 0 Å². The van der Waals surface area contributed by atoms with Crippen molar-refractivity contribution >= 4 is 0 Å². The maximum Gasteiger partial charge on any atom is 0.389 e. The van der Waals surface area contributed by atoms with E-state index in [1.54, 1.807) is 0 Å². The number of aryl methyl sites for hydroxylation is 1. The fourth-order valence-electron chi connectivity index (χ4n) is 1.85. The summed E-state index contributed by atoms with van der Waals surface area (Å²) in [7, 11) is 0. The number of nitrogens with one attached hydrogen (secondary N) is 1. The molecule has 0 aliphatic heterocycles. The monoisotopic (exact) mass is 260 g/mol. The van der Waals surface area contributed by atoms with Crippen LogP contribution < -0.4 is 11.3 Å². The van der Waals surface area contributed by atoms with Gasteiger partial charge >= 0.3 is 6.18 Å². The molecular weight excluding hydrogens is 241 g/mol. The van der Waals surface area contributed by atoms with Crippen molar-refractivity contribution in [3.05, 3.63) is 35.9 Å². The first kappa shape index (κ1) is 15.0. The molecule has 0 heterocycles. The van der Waals surface area contributed by atoms with E-state index in [9.17, 15) is 13.2 Å². The van der Waals surface area contributed by atoms with Gasteiger partial charge in [0.05, 0.1) is 0 Å². The van der Waals surface area contributed by atoms with Gasteiger partial charge in [-0.1, -0.05) is 30.3 Å². The molecule has 0 saturated carbocycles. The second kappa shape index (κ2) is 7.38. The Morgan fingerprint density at radius 1 is 1.11 bits per heavy atom. The fraction of sp³-hybridized carbons (Fsp3) is 0.538. The predicted molar refractivity (Wildman–Crippen MR) is 65.8 cm³/mol. The highest BCUT2D eigenvalue weighted by molar-refractivity contribution is 5.14. The minimum atomic E-state index is -4.10. The summed E-state index contributed by atoms with van der Waals surface area (Å²) >= 11 is 0. The van der Waals surface area contributed by atoms with Gasteiger partial charge in [-0.05, 0) is 31.2 Å². The average Bonchev–Trinajstić information content (AvgIpc) is 2.33. The van der Waals surface area contributed by atoms with E-state index in [-0.39, 0.29) is 12.5 Å². The summed E-state index contributed by atoms with van der Waals surface area (Å²) in [5.74, 6) is 5.26. The quantitative estimate of drug-likeness (QED) is 0.583. The summed E-state index contributed by atoms with van der Waals surface area (Å²) in [4.78, 5) is 0. The molecule has 0 aromatic heterocycles. The standard InChI is InChI=1S/C13H19F3N2/c14-13(15,16)10-9-12(18-17)8-4-7-11-5-2-1-3-6-11/h1-3,5-6,12,18H,4,7-10,17H2. The molecule has 0 amide bonds. The summed E-state index contributed by atoms with van der Waals surface area (Å²) in [5, 5.41) is 0. The van der Waals surface area contributed by atoms with Crippen LogP contribution in [0.5, 0.6) is 0 Å². The molecule has 1 atom stereocenters. The van der Waals surface area contributed by atoms with Crippen molar-refractivity contribution in [3.8, 4) is 0 Å². The van der Waals surface area contributed by atoms with Crippen LogP contribution in [-0.2, 0) is 6.42 Å². The van der Waals surface area contributed by atoms with Crippen LogP contribution in [0.25, 0.3) is 0 Å². The first-order valence-electron chi connectivity index (χ1n) is 6.08. The van der Waals surface area contributed by atoms with E-state index in [2.05, 4.69) is 5.43 Å². The lowest BCUT2D eigenvalue weighted by Crippen LogP contribution is -2.36. The van der Waals surface area contributed by atoms with Crippen molar-refractivity contribution in [3.63, 3.8) is 0 Å². The molecule has 0 radical (unpaired) electrons. The number of rotatable bonds is 7. The third-order valence-corrected chi connectivity index (χ3v) is 2.87. The molecule has 1 aromatic rings. The lowest BCUT2D eigenvalue weighted by Gasteiger charge is -2.16. The Bertz CT molecular complexity index is 325. The van der Waals surface area contributed by atoms with Gasteiger partial charge in [-0.2, -0.15) is 13.2 Å². The van der Waals surface area contributed by atoms with E-state index in [1.807, 2.05) is 30.3 Å². The molecule has 1 aromatic carbocycles. The topological polar surface area (TPSA) is 38.0 Å². The number of hydrazine groups is 1. The molecule has 1 rings (SSSR count). The average molecular weight is 260 g/mol. The second-order valence-electron chi connectivity index (χ2n) is 4.40. The van der Waals surface area contributed by atoms with E-state index < -0.39 is 12.6 Å². The highest BCUT2D eigenvalue weighted by atomic mass is 19.4. The number of nitrogens with two attached hydrogens (primary N) is 1. The highest BCUT2D eigenvalue weighted by Gasteiger charge is 2.27. The van der Waals surface area contributed by atoms with E-state index in [0.29, 0.717) is 6.42 Å². The van der Waals surface area contributed by atoms with E-state index in [1.165, 1.54) is 5.56 Å². The zero-order valence-corrected chi connectivity index (χ0v) is 10.2. The van der Waals surface area contributed by atoms with Crippen molar-refractivity contribution in [2.75, 3.05) is 0 Å². The Balaban J connectivity index is 2.23. The van der Waals surface area contributed by atoms with Crippen molar-refractivity contribution in [2.24, 2.45) is 5.84 Å². The molecule has 3 N–H and O–H groups in total. The smallest absolute Gasteiger partial charge is 0.271 e. The summed E-state index contributed by atoms with van der Waals surface area (Å²) in [6, 6.07) is 9.61. The summed E-state index contributed by atoms with van der Waals surface area (Å²) in [6.45, 7) is 0. The van der Waals surface area contributed by atoms with E-state index >= 15 is 0 Å². The summed E-state index contributed by atoms with van der Waals surface area (Å²) in [6.07, 6.45) is -2.50. The number of hydrogen-bond acceptors (Lipinski definition) is 2. The van der Waals surface area contributed by atoms with Crippen molar-refractivity contribution < 1.29 is 13.2 Å². The van der Waals surface area contributed by atoms with Crippen molar-refractivity contribution in [2.45, 2.75) is 44.3 Å². The van der Waals surface area contributed by atoms with Gasteiger partial charge in [-0.3, -0.25) is 11.3 Å². The Morgan fingerprint density at radius 3 is 2.33 bits per heavy atom. The molecule has 0 bridgehead atoms. The van der Waals surface area contributed by atoms with Crippen molar-refractivity contribution in [1.82, 2.24) is 5.43 Å². The largest absolute Gasteiger partial charge is 0.389 e. The number of alkyl halides is 3. The van der Waals surface area contributed by atoms with Crippen molar-refractivity contribution in [1.29, 1.82) is 0 Å². The Kier molecular flexibility index (Phi) is 6.15. The third-order valence-electron chi connectivity index (χ3n) is 2.87. The van der Waals surface area contributed by atoms with Crippen LogP contribution in [0.15, 0.2) is 30.3 Å². The molecule has 0 spiro atoms. The normalized spacial score (nSPS) is 13.6. The van der Waals surface area contributed by atoms with Gasteiger partial charge in [0.2, 0.25) is 0 Å². The van der Waals surface area contributed by atoms with Gasteiger partial charge in [0.25, 0.3) is 0 Å². The Morgan fingerprint density at radius 2 is 1.78 bits per heavy atom. The molecule has 0 aliphatic rings. The zero-order valence-electron chi connectivity index (χ0n) is 10.2. The van der Waals surface area contributed by atoms with Gasteiger partial charge in [-0.15, -0.1) is 0 Å². The first-order chi connectivity index (χ1) is 8.51. The van der Waals surface area contributed by atoms with Gasteiger partial charge in [0.15, 0.2) is 0 Å². The van der Waals surface area contributed by atoms with E-state index in [0.717, 1.165) is 12.8 Å². The molecule has 0 saturated heterocycles. The minimum absolute atomic E-state index is 0.0365. The van der Waals surface area contributed by atoms with Crippen LogP contribution in [-0.4, -0.2) is 12.2 Å². The minimum Gasteiger partial charge on any atom is -0.271 e. The maximum absolute atomic E-state index is 12.1. The molecule has 2 nitrogen and oxygen atoms in total. The van der Waals surface area contributed by atoms with Crippen LogP contribution in [0, 0.1) is 0 Å². The second-order valence-corrected chi connectivity index (χ2v) is 4.40. The molecule has 0 aliphatic carbocycles. The summed E-state index contributed by atoms with van der Waals surface area (Å²) < 4.78 is 36.2. The van der Waals surface area contributed by atoms with Crippen LogP contribution in [0.3, 0.4) is 0 Å². The maximum atomic E-state index is 12.1. The third kappa shape index (κ3) is 6.61. The first-order valence-corrected chi connectivity index (χ1v) is 6.08. The molecular formula is C13H19F3N2. The molecule has 1 unspecified atom stereocenters. The lowest BCUT2D eigenvalue weighted by atomic mass is 10.0. The highest BCUT2D eigenvalue weighted by Crippen LogP contribution is 2.23. The van der Waals surface area contributed by atoms with Crippen LogP contribution >= 0.6 is 0 Å². The number of hydrogen-bond donors (Lipinski definition) is 2. The Hall–Kier alpha value is -1.07. The number of benzene rings is 1.